The molecule has 2 atom stereocenters. The van der Waals surface area contributed by atoms with Crippen LogP contribution in [0.4, 0.5) is 4.79 Å². The average Bonchev–Trinajstić information content (AvgIpc) is 2.13. The lowest BCUT2D eigenvalue weighted by molar-refractivity contribution is 0.0410. The van der Waals surface area contributed by atoms with Gasteiger partial charge in [0.2, 0.25) is 6.29 Å². The van der Waals surface area contributed by atoms with Gasteiger partial charge in [-0.3, -0.25) is 4.79 Å². The van der Waals surface area contributed by atoms with Crippen LogP contribution in [0.15, 0.2) is 0 Å². The van der Waals surface area contributed by atoms with E-state index in [9.17, 15) is 14.7 Å². The van der Waals surface area contributed by atoms with Gasteiger partial charge in [0, 0.05) is 6.42 Å². The summed E-state index contributed by atoms with van der Waals surface area (Å²) in [4.78, 5) is 21.9. The van der Waals surface area contributed by atoms with E-state index in [2.05, 4.69) is 5.32 Å². The van der Waals surface area contributed by atoms with E-state index in [4.69, 9.17) is 4.74 Å². The molecule has 0 saturated heterocycles. The Balaban J connectivity index is 4.48. The first-order chi connectivity index (χ1) is 8.15. The third-order valence-corrected chi connectivity index (χ3v) is 2.18. The molecular weight excluding hydrogens is 234 g/mol. The van der Waals surface area contributed by atoms with Gasteiger partial charge in [0.15, 0.2) is 0 Å². The standard InChI is InChI=1S/C13H24NO4/c1-9(2)8-10(11(16)6-7-15)14-12(17)18-13(3,4)5/h9-11,16H,6,8H2,1-5H3,(H,14,17)/t10-,11-/m0/s1. The van der Waals surface area contributed by atoms with Crippen molar-refractivity contribution in [3.05, 3.63) is 0 Å². The van der Waals surface area contributed by atoms with E-state index < -0.39 is 23.8 Å². The number of nitrogens with one attached hydrogen (secondary N) is 1. The first-order valence-electron chi connectivity index (χ1n) is 6.18. The highest BCUT2D eigenvalue weighted by molar-refractivity contribution is 5.68. The zero-order valence-electron chi connectivity index (χ0n) is 11.8. The number of rotatable bonds is 6. The molecule has 2 N–H and O–H groups in total. The molecule has 0 saturated carbocycles. The molecule has 0 aromatic rings. The Kier molecular flexibility index (Phi) is 6.91. The summed E-state index contributed by atoms with van der Waals surface area (Å²) in [5, 5.41) is 12.4. The predicted molar refractivity (Wildman–Crippen MR) is 68.9 cm³/mol. The fourth-order valence-corrected chi connectivity index (χ4v) is 1.51. The number of alkyl carbamates (subject to hydrolysis) is 1. The van der Waals surface area contributed by atoms with E-state index in [1.165, 1.54) is 0 Å². The molecule has 0 heterocycles. The molecule has 1 amide bonds. The van der Waals surface area contributed by atoms with Crippen LogP contribution in [-0.2, 0) is 9.53 Å². The van der Waals surface area contributed by atoms with Crippen LogP contribution in [0.3, 0.4) is 0 Å². The highest BCUT2D eigenvalue weighted by atomic mass is 16.6. The lowest BCUT2D eigenvalue weighted by Crippen LogP contribution is -2.46. The maximum Gasteiger partial charge on any atom is 0.407 e. The Morgan fingerprint density at radius 3 is 2.33 bits per heavy atom. The van der Waals surface area contributed by atoms with Gasteiger partial charge in [-0.05, 0) is 33.1 Å². The summed E-state index contributed by atoms with van der Waals surface area (Å²) >= 11 is 0. The van der Waals surface area contributed by atoms with Gasteiger partial charge in [-0.2, -0.15) is 0 Å². The summed E-state index contributed by atoms with van der Waals surface area (Å²) in [7, 11) is 0. The lowest BCUT2D eigenvalue weighted by atomic mass is 9.98. The summed E-state index contributed by atoms with van der Waals surface area (Å²) < 4.78 is 5.12. The molecule has 0 aliphatic rings. The first kappa shape index (κ1) is 16.9. The van der Waals surface area contributed by atoms with Crippen LogP contribution >= 0.6 is 0 Å². The van der Waals surface area contributed by atoms with E-state index in [1.54, 1.807) is 27.1 Å². The highest BCUT2D eigenvalue weighted by Crippen LogP contribution is 2.12. The smallest absolute Gasteiger partial charge is 0.407 e. The lowest BCUT2D eigenvalue weighted by Gasteiger charge is -2.26. The van der Waals surface area contributed by atoms with E-state index in [-0.39, 0.29) is 12.3 Å². The monoisotopic (exact) mass is 258 g/mol. The molecule has 1 radical (unpaired) electrons. The summed E-state index contributed by atoms with van der Waals surface area (Å²) in [6.07, 6.45) is 0.586. The van der Waals surface area contributed by atoms with Crippen molar-refractivity contribution in [2.45, 2.75) is 65.2 Å². The van der Waals surface area contributed by atoms with E-state index in [0.29, 0.717) is 6.42 Å². The fraction of sp³-hybridized carbons (Fsp3) is 0.846. The van der Waals surface area contributed by atoms with Gasteiger partial charge in [0.05, 0.1) is 12.1 Å². The first-order valence-corrected chi connectivity index (χ1v) is 6.18. The van der Waals surface area contributed by atoms with Crippen molar-refractivity contribution < 1.29 is 19.4 Å². The molecule has 5 nitrogen and oxygen atoms in total. The van der Waals surface area contributed by atoms with E-state index in [0.717, 1.165) is 0 Å². The van der Waals surface area contributed by atoms with Crippen molar-refractivity contribution in [2.75, 3.05) is 0 Å². The minimum atomic E-state index is -0.933. The van der Waals surface area contributed by atoms with E-state index >= 15 is 0 Å². The van der Waals surface area contributed by atoms with Gasteiger partial charge >= 0.3 is 6.09 Å². The SMILES string of the molecule is CC(C)C[C@H](NC(=O)OC(C)(C)C)[C@@H](O)C[C]=O. The van der Waals surface area contributed by atoms with Crippen LogP contribution in [0.25, 0.3) is 0 Å². The Hall–Kier alpha value is -1.10. The second kappa shape index (κ2) is 7.36. The molecule has 0 aliphatic heterocycles. The van der Waals surface area contributed by atoms with Crippen molar-refractivity contribution in [1.82, 2.24) is 5.32 Å². The van der Waals surface area contributed by atoms with Crippen LogP contribution in [0.5, 0.6) is 0 Å². The quantitative estimate of drug-likeness (QED) is 0.761. The highest BCUT2D eigenvalue weighted by Gasteiger charge is 2.25. The van der Waals surface area contributed by atoms with E-state index in [1.807, 2.05) is 13.8 Å². The summed E-state index contributed by atoms with van der Waals surface area (Å²) in [5.74, 6) is 0.284. The molecule has 0 bridgehead atoms. The van der Waals surface area contributed by atoms with Crippen molar-refractivity contribution in [3.63, 3.8) is 0 Å². The number of amides is 1. The molecule has 0 aliphatic carbocycles. The van der Waals surface area contributed by atoms with Gasteiger partial charge in [-0.25, -0.2) is 4.79 Å². The molecule has 0 aromatic heterocycles. The summed E-state index contributed by atoms with van der Waals surface area (Å²) in [6, 6.07) is -0.499. The number of hydrogen-bond acceptors (Lipinski definition) is 4. The Labute approximate surface area is 109 Å². The fourth-order valence-electron chi connectivity index (χ4n) is 1.51. The summed E-state index contributed by atoms with van der Waals surface area (Å²) in [6.45, 7) is 9.24. The Morgan fingerprint density at radius 1 is 1.39 bits per heavy atom. The minimum Gasteiger partial charge on any atom is -0.444 e. The molecule has 0 spiro atoms. The zero-order chi connectivity index (χ0) is 14.3. The number of hydrogen-bond donors (Lipinski definition) is 2. The molecule has 0 rings (SSSR count). The second-order valence-corrected chi connectivity index (χ2v) is 5.80. The molecule has 0 fully saturated rings. The number of carbonyl (C=O) groups excluding carboxylic acids is 2. The molecule has 0 unspecified atom stereocenters. The predicted octanol–water partition coefficient (Wildman–Crippen LogP) is 1.79. The van der Waals surface area contributed by atoms with Crippen LogP contribution in [0.1, 0.15) is 47.5 Å². The van der Waals surface area contributed by atoms with Crippen molar-refractivity contribution in [1.29, 1.82) is 0 Å². The average molecular weight is 258 g/mol. The molecule has 0 aromatic carbocycles. The second-order valence-electron chi connectivity index (χ2n) is 5.80. The van der Waals surface area contributed by atoms with Crippen LogP contribution in [0.2, 0.25) is 0 Å². The largest absolute Gasteiger partial charge is 0.444 e. The molecule has 18 heavy (non-hydrogen) atoms. The van der Waals surface area contributed by atoms with Gasteiger partial charge < -0.3 is 15.2 Å². The Morgan fingerprint density at radius 2 is 1.94 bits per heavy atom. The summed E-state index contributed by atoms with van der Waals surface area (Å²) in [5.41, 5.74) is -0.589. The molecule has 105 valence electrons. The van der Waals surface area contributed by atoms with Crippen LogP contribution in [-0.4, -0.2) is 35.2 Å². The maximum atomic E-state index is 11.6. The third-order valence-electron chi connectivity index (χ3n) is 2.18. The van der Waals surface area contributed by atoms with Gasteiger partial charge in [0.25, 0.3) is 0 Å². The minimum absolute atomic E-state index is 0.118. The zero-order valence-corrected chi connectivity index (χ0v) is 11.8. The number of aliphatic hydroxyl groups excluding tert-OH is 1. The number of ether oxygens (including phenoxy) is 1. The van der Waals surface area contributed by atoms with Gasteiger partial charge in [-0.15, -0.1) is 0 Å². The molecule has 5 heteroatoms. The van der Waals surface area contributed by atoms with Gasteiger partial charge in [0.1, 0.15) is 5.60 Å². The van der Waals surface area contributed by atoms with Crippen molar-refractivity contribution >= 4 is 12.4 Å². The third kappa shape index (κ3) is 8.06. The van der Waals surface area contributed by atoms with Crippen molar-refractivity contribution in [2.24, 2.45) is 5.92 Å². The molecular formula is C13H24NO4. The number of aliphatic hydroxyl groups is 1. The normalized spacial score (nSPS) is 15.1. The van der Waals surface area contributed by atoms with Gasteiger partial charge in [-0.1, -0.05) is 13.8 Å². The topological polar surface area (TPSA) is 75.6 Å². The maximum absolute atomic E-state index is 11.6. The number of carbonyl (C=O) groups is 1. The van der Waals surface area contributed by atoms with Crippen LogP contribution in [0, 0.1) is 5.92 Å². The Bertz CT molecular complexity index is 271. The van der Waals surface area contributed by atoms with Crippen molar-refractivity contribution in [3.8, 4) is 0 Å². The van der Waals surface area contributed by atoms with Crippen LogP contribution < -0.4 is 5.32 Å².